The second-order valence-electron chi connectivity index (χ2n) is 7.12. The van der Waals surface area contributed by atoms with Crippen molar-refractivity contribution in [3.05, 3.63) is 66.3 Å². The predicted molar refractivity (Wildman–Crippen MR) is 103 cm³/mol. The molecule has 0 saturated heterocycles. The molecule has 0 spiro atoms. The van der Waals surface area contributed by atoms with Crippen LogP contribution in [0.3, 0.4) is 0 Å². The van der Waals surface area contributed by atoms with E-state index in [0.717, 1.165) is 0 Å². The number of nitrogens with zero attached hydrogens (tertiary/aromatic N) is 4. The summed E-state index contributed by atoms with van der Waals surface area (Å²) in [5, 5.41) is 5.64. The number of carbonyl (C=O) groups excluding carboxylic acids is 1. The molecule has 1 aliphatic carbocycles. The van der Waals surface area contributed by atoms with Crippen molar-refractivity contribution in [2.24, 2.45) is 0 Å². The number of aromatic nitrogens is 4. The molecule has 3 aromatic heterocycles. The fourth-order valence-electron chi connectivity index (χ4n) is 3.62. The molecule has 0 bridgehead atoms. The predicted octanol–water partition coefficient (Wildman–Crippen LogP) is 2.64. The summed E-state index contributed by atoms with van der Waals surface area (Å²) in [7, 11) is 1.57. The monoisotopic (exact) mass is 398 g/mol. The van der Waals surface area contributed by atoms with Crippen LogP contribution in [0.1, 0.15) is 28.9 Å². The van der Waals surface area contributed by atoms with Crippen LogP contribution < -0.4 is 10.6 Å². The van der Waals surface area contributed by atoms with Gasteiger partial charge in [0.2, 0.25) is 5.95 Å². The number of rotatable bonds is 6. The van der Waals surface area contributed by atoms with E-state index in [2.05, 4.69) is 25.6 Å². The first kappa shape index (κ1) is 19.0. The number of pyridine rings is 1. The number of nitrogens with one attached hydrogen (secondary N) is 2. The van der Waals surface area contributed by atoms with E-state index in [4.69, 9.17) is 0 Å². The van der Waals surface area contributed by atoms with Crippen LogP contribution in [-0.2, 0) is 5.41 Å². The molecule has 0 unspecified atom stereocenters. The summed E-state index contributed by atoms with van der Waals surface area (Å²) in [5.74, 6) is -0.260. The maximum absolute atomic E-state index is 14.2. The van der Waals surface area contributed by atoms with Gasteiger partial charge >= 0.3 is 0 Å². The highest BCUT2D eigenvalue weighted by Gasteiger charge is 2.48. The third kappa shape index (κ3) is 3.67. The Hall–Kier alpha value is -3.36. The Bertz CT molecular complexity index is 1010. The molecule has 3 aromatic rings. The molecule has 150 valence electrons. The van der Waals surface area contributed by atoms with Gasteiger partial charge < -0.3 is 15.2 Å². The van der Waals surface area contributed by atoms with Crippen molar-refractivity contribution < 1.29 is 13.6 Å². The lowest BCUT2D eigenvalue weighted by atomic mass is 9.65. The van der Waals surface area contributed by atoms with Crippen molar-refractivity contribution >= 4 is 11.9 Å². The smallest absolute Gasteiger partial charge is 0.252 e. The Morgan fingerprint density at radius 2 is 2.03 bits per heavy atom. The van der Waals surface area contributed by atoms with E-state index < -0.39 is 17.4 Å². The molecule has 0 aliphatic heterocycles. The van der Waals surface area contributed by atoms with Crippen molar-refractivity contribution in [2.45, 2.75) is 24.4 Å². The summed E-state index contributed by atoms with van der Waals surface area (Å²) in [6, 6.07) is 4.55. The number of carbonyl (C=O) groups is 1. The minimum atomic E-state index is -0.968. The highest BCUT2D eigenvalue weighted by atomic mass is 19.1. The molecule has 1 aliphatic rings. The summed E-state index contributed by atoms with van der Waals surface area (Å²) in [6.07, 6.45) is 7.59. The van der Waals surface area contributed by atoms with E-state index in [1.54, 1.807) is 42.5 Å². The molecule has 1 amide bonds. The number of amides is 1. The second-order valence-corrected chi connectivity index (χ2v) is 7.12. The van der Waals surface area contributed by atoms with Gasteiger partial charge in [0, 0.05) is 37.6 Å². The van der Waals surface area contributed by atoms with E-state index in [1.165, 1.54) is 18.3 Å². The number of hydrogen-bond acceptors (Lipinski definition) is 5. The first-order chi connectivity index (χ1) is 14.0. The summed E-state index contributed by atoms with van der Waals surface area (Å²) < 4.78 is 29.6. The summed E-state index contributed by atoms with van der Waals surface area (Å²) in [6.45, 7) is 0.283. The van der Waals surface area contributed by atoms with Gasteiger partial charge in [0.1, 0.15) is 12.0 Å². The number of alkyl halides is 1. The van der Waals surface area contributed by atoms with Crippen LogP contribution in [0.2, 0.25) is 0 Å². The second kappa shape index (κ2) is 7.57. The molecule has 9 heteroatoms. The first-order valence-electron chi connectivity index (χ1n) is 9.22. The molecular formula is C20H20F2N6O. The largest absolute Gasteiger partial charge is 0.355 e. The third-order valence-electron chi connectivity index (χ3n) is 5.19. The molecule has 0 atom stereocenters. The summed E-state index contributed by atoms with van der Waals surface area (Å²) in [4.78, 5) is 24.4. The van der Waals surface area contributed by atoms with E-state index in [-0.39, 0.29) is 31.0 Å². The third-order valence-corrected chi connectivity index (χ3v) is 5.19. The normalized spacial score (nSPS) is 20.7. The minimum Gasteiger partial charge on any atom is -0.355 e. The van der Waals surface area contributed by atoms with Crippen LogP contribution in [0.5, 0.6) is 0 Å². The average molecular weight is 398 g/mol. The highest BCUT2D eigenvalue weighted by molar-refractivity contribution is 5.93. The van der Waals surface area contributed by atoms with E-state index >= 15 is 0 Å². The quantitative estimate of drug-likeness (QED) is 0.667. The number of halogens is 2. The topological polar surface area (TPSA) is 84.7 Å². The Morgan fingerprint density at radius 3 is 2.69 bits per heavy atom. The Kier molecular flexibility index (Phi) is 4.96. The Morgan fingerprint density at radius 1 is 1.28 bits per heavy atom. The van der Waals surface area contributed by atoms with Crippen LogP contribution >= 0.6 is 0 Å². The standard InChI is InChI=1S/C20H20F2N6O/c1-23-18(29)13-4-6-28(11-13)15-9-25-19(26-10-15)27-12-20(7-14(21)8-20)17-16(22)3-2-5-24-17/h2-6,9-11,14H,7-8,12H2,1H3,(H,23,29)(H,25,26,27). The fraction of sp³-hybridized carbons (Fsp3) is 0.300. The zero-order valence-electron chi connectivity index (χ0n) is 15.8. The van der Waals surface area contributed by atoms with Crippen molar-refractivity contribution in [1.29, 1.82) is 0 Å². The Labute approximate surface area is 166 Å². The van der Waals surface area contributed by atoms with Crippen LogP contribution in [0, 0.1) is 5.82 Å². The molecule has 3 heterocycles. The lowest BCUT2D eigenvalue weighted by Crippen LogP contribution is -2.49. The van der Waals surface area contributed by atoms with Crippen molar-refractivity contribution in [1.82, 2.24) is 24.8 Å². The lowest BCUT2D eigenvalue weighted by Gasteiger charge is -2.43. The SMILES string of the molecule is CNC(=O)c1ccn(-c2cnc(NCC3(c4ncccc4F)CC(F)C3)nc2)c1. The summed E-state index contributed by atoms with van der Waals surface area (Å²) in [5.41, 5.74) is 0.769. The van der Waals surface area contributed by atoms with E-state index in [1.807, 2.05) is 0 Å². The first-order valence-corrected chi connectivity index (χ1v) is 9.22. The highest BCUT2D eigenvalue weighted by Crippen LogP contribution is 2.45. The molecule has 0 radical (unpaired) electrons. The molecule has 1 fully saturated rings. The van der Waals surface area contributed by atoms with Crippen molar-refractivity contribution in [3.8, 4) is 5.69 Å². The molecule has 29 heavy (non-hydrogen) atoms. The average Bonchev–Trinajstić information content (AvgIpc) is 3.21. The molecule has 7 nitrogen and oxygen atoms in total. The van der Waals surface area contributed by atoms with E-state index in [9.17, 15) is 13.6 Å². The number of hydrogen-bond donors (Lipinski definition) is 2. The summed E-state index contributed by atoms with van der Waals surface area (Å²) >= 11 is 0. The molecule has 2 N–H and O–H groups in total. The maximum Gasteiger partial charge on any atom is 0.252 e. The molecule has 1 saturated carbocycles. The molecule has 0 aromatic carbocycles. The molecular weight excluding hydrogens is 378 g/mol. The molecule has 4 rings (SSSR count). The van der Waals surface area contributed by atoms with Gasteiger partial charge in [0.25, 0.3) is 5.91 Å². The van der Waals surface area contributed by atoms with Crippen molar-refractivity contribution in [2.75, 3.05) is 18.9 Å². The lowest BCUT2D eigenvalue weighted by molar-refractivity contribution is 0.0958. The van der Waals surface area contributed by atoms with Crippen LogP contribution in [0.4, 0.5) is 14.7 Å². The van der Waals surface area contributed by atoms with Crippen LogP contribution in [-0.4, -0.2) is 45.2 Å². The number of anilines is 1. The van der Waals surface area contributed by atoms with Gasteiger partial charge in [-0.3, -0.25) is 9.78 Å². The van der Waals surface area contributed by atoms with Gasteiger partial charge in [0.15, 0.2) is 0 Å². The van der Waals surface area contributed by atoms with Crippen molar-refractivity contribution in [3.63, 3.8) is 0 Å². The van der Waals surface area contributed by atoms with Crippen LogP contribution in [0.25, 0.3) is 5.69 Å². The minimum absolute atomic E-state index is 0.179. The zero-order valence-corrected chi connectivity index (χ0v) is 15.8. The van der Waals surface area contributed by atoms with Crippen LogP contribution in [0.15, 0.2) is 49.2 Å². The van der Waals surface area contributed by atoms with Gasteiger partial charge in [-0.1, -0.05) is 0 Å². The van der Waals surface area contributed by atoms with Gasteiger partial charge in [-0.05, 0) is 31.0 Å². The zero-order chi connectivity index (χ0) is 20.4. The van der Waals surface area contributed by atoms with Gasteiger partial charge in [-0.15, -0.1) is 0 Å². The Balaban J connectivity index is 1.47. The fourth-order valence-corrected chi connectivity index (χ4v) is 3.62. The van der Waals surface area contributed by atoms with E-state index in [0.29, 0.717) is 17.2 Å². The van der Waals surface area contributed by atoms with Gasteiger partial charge in [-0.25, -0.2) is 18.7 Å². The van der Waals surface area contributed by atoms with Gasteiger partial charge in [-0.2, -0.15) is 0 Å². The maximum atomic E-state index is 14.2. The van der Waals surface area contributed by atoms with Gasteiger partial charge in [0.05, 0.1) is 29.3 Å².